The van der Waals surface area contributed by atoms with Gasteiger partial charge in [0.05, 0.1) is 18.8 Å². The molecule has 7 heteroatoms. The van der Waals surface area contributed by atoms with Gasteiger partial charge in [-0.05, 0) is 19.3 Å². The molecule has 0 amide bonds. The molecule has 2 radical (unpaired) electrons. The fraction of sp³-hybridized carbons (Fsp3) is 0.417. The zero-order valence-electron chi connectivity index (χ0n) is 11.0. The third kappa shape index (κ3) is 2.46. The van der Waals surface area contributed by atoms with Crippen molar-refractivity contribution >= 4 is 30.3 Å². The van der Waals surface area contributed by atoms with E-state index in [-0.39, 0.29) is 24.2 Å². The number of anilines is 1. The number of hydrogen-bond acceptors (Lipinski definition) is 5. The molecule has 19 heavy (non-hydrogen) atoms. The summed E-state index contributed by atoms with van der Waals surface area (Å²) in [5, 5.41) is 12.8. The lowest BCUT2D eigenvalue weighted by molar-refractivity contribution is 0.276. The maximum atomic E-state index is 12.0. The van der Waals surface area contributed by atoms with Crippen molar-refractivity contribution in [2.45, 2.75) is 20.4 Å². The van der Waals surface area contributed by atoms with Gasteiger partial charge in [-0.25, -0.2) is 4.98 Å². The highest BCUT2D eigenvalue weighted by molar-refractivity contribution is 6.32. The molecular weight excluding hydrogens is 243 g/mol. The number of nitrogens with one attached hydrogen (secondary N) is 1. The van der Waals surface area contributed by atoms with E-state index >= 15 is 0 Å². The van der Waals surface area contributed by atoms with Gasteiger partial charge in [0.2, 0.25) is 11.5 Å². The van der Waals surface area contributed by atoms with Gasteiger partial charge < -0.3 is 10.4 Å². The number of fused-ring (bicyclic) bond motifs is 1. The van der Waals surface area contributed by atoms with Gasteiger partial charge in [0.15, 0.2) is 0 Å². The summed E-state index contributed by atoms with van der Waals surface area (Å²) in [6, 6.07) is 1.58. The maximum Gasteiger partial charge on any atom is 0.245 e. The molecule has 0 atom stereocenters. The minimum atomic E-state index is -0.345. The molecule has 6 nitrogen and oxygen atoms in total. The number of aromatic nitrogens is 3. The number of pyridine rings is 1. The molecule has 2 heterocycles. The molecule has 0 fully saturated rings. The Morgan fingerprint density at radius 1 is 1.47 bits per heavy atom. The van der Waals surface area contributed by atoms with E-state index < -0.39 is 0 Å². The first-order valence-corrected chi connectivity index (χ1v) is 6.10. The van der Waals surface area contributed by atoms with Crippen LogP contribution in [0, 0.1) is 6.92 Å². The number of aliphatic hydroxyl groups excluding tert-OH is 1. The van der Waals surface area contributed by atoms with Crippen molar-refractivity contribution in [3.63, 3.8) is 0 Å². The zero-order chi connectivity index (χ0) is 14.0. The van der Waals surface area contributed by atoms with Gasteiger partial charge in [-0.2, -0.15) is 4.98 Å². The molecule has 0 unspecified atom stereocenters. The summed E-state index contributed by atoms with van der Waals surface area (Å²) in [4.78, 5) is 20.6. The first-order valence-electron chi connectivity index (χ1n) is 6.10. The second kappa shape index (κ2) is 5.40. The van der Waals surface area contributed by atoms with Gasteiger partial charge in [0, 0.05) is 11.9 Å². The lowest BCUT2D eigenvalue weighted by Gasteiger charge is -2.12. The fourth-order valence-electron chi connectivity index (χ4n) is 1.96. The first-order chi connectivity index (χ1) is 9.08. The average Bonchev–Trinajstić information content (AvgIpc) is 2.37. The maximum absolute atomic E-state index is 12.0. The Balaban J connectivity index is 2.80. The van der Waals surface area contributed by atoms with Crippen LogP contribution in [-0.4, -0.2) is 40.6 Å². The summed E-state index contributed by atoms with van der Waals surface area (Å²) in [5.74, 6) is 0.461. The Hall–Kier alpha value is -1.89. The van der Waals surface area contributed by atoms with Crippen LogP contribution in [0.1, 0.15) is 12.6 Å². The van der Waals surface area contributed by atoms with Crippen molar-refractivity contribution in [3.05, 3.63) is 22.1 Å². The largest absolute Gasteiger partial charge is 0.395 e. The van der Waals surface area contributed by atoms with Crippen LogP contribution in [0.3, 0.4) is 0 Å². The zero-order valence-corrected chi connectivity index (χ0v) is 11.0. The molecule has 2 N–H and O–H groups in total. The molecule has 0 aliphatic rings. The topological polar surface area (TPSA) is 80.0 Å². The Morgan fingerprint density at radius 2 is 2.21 bits per heavy atom. The van der Waals surface area contributed by atoms with Crippen LogP contribution in [0.25, 0.3) is 11.0 Å². The van der Waals surface area contributed by atoms with E-state index in [0.717, 1.165) is 5.69 Å². The van der Waals surface area contributed by atoms with Crippen molar-refractivity contribution in [3.8, 4) is 0 Å². The minimum absolute atomic E-state index is 0.129. The second-order valence-corrected chi connectivity index (χ2v) is 4.18. The van der Waals surface area contributed by atoms with Gasteiger partial charge in [0.25, 0.3) is 0 Å². The van der Waals surface area contributed by atoms with E-state index in [1.54, 1.807) is 6.07 Å². The number of aliphatic hydroxyl groups is 1. The van der Waals surface area contributed by atoms with Crippen LogP contribution in [-0.2, 0) is 6.54 Å². The van der Waals surface area contributed by atoms with Crippen molar-refractivity contribution in [2.75, 3.05) is 18.5 Å². The molecule has 0 aliphatic heterocycles. The second-order valence-electron chi connectivity index (χ2n) is 4.18. The number of aryl methyl sites for hydroxylation is 1. The van der Waals surface area contributed by atoms with Crippen molar-refractivity contribution in [2.24, 2.45) is 0 Å². The molecule has 2 rings (SSSR count). The molecular formula is C12H15BN4O2. The Morgan fingerprint density at radius 3 is 2.84 bits per heavy atom. The number of hydrogen-bond donors (Lipinski definition) is 2. The quantitative estimate of drug-likeness (QED) is 0.710. The predicted molar refractivity (Wildman–Crippen MR) is 75.2 cm³/mol. The van der Waals surface area contributed by atoms with E-state index in [9.17, 15) is 4.79 Å². The lowest BCUT2D eigenvalue weighted by atomic mass is 9.96. The van der Waals surface area contributed by atoms with E-state index in [4.69, 9.17) is 13.0 Å². The number of nitrogens with zero attached hydrogens (tertiary/aromatic N) is 3. The Labute approximate surface area is 111 Å². The van der Waals surface area contributed by atoms with Crippen LogP contribution in [0.15, 0.2) is 10.9 Å². The molecule has 0 aromatic carbocycles. The summed E-state index contributed by atoms with van der Waals surface area (Å²) >= 11 is 0. The molecule has 2 aromatic rings. The number of rotatable bonds is 4. The first kappa shape index (κ1) is 13.5. The van der Waals surface area contributed by atoms with Crippen LogP contribution in [0.4, 0.5) is 5.95 Å². The average molecular weight is 258 g/mol. The molecule has 0 spiro atoms. The minimum Gasteiger partial charge on any atom is -0.395 e. The van der Waals surface area contributed by atoms with Crippen molar-refractivity contribution in [1.29, 1.82) is 0 Å². The molecule has 0 saturated carbocycles. The van der Waals surface area contributed by atoms with Crippen molar-refractivity contribution < 1.29 is 5.11 Å². The standard InChI is InChI=1S/C12H15BN4O2/c1-3-14-12-15-7(2)8-6-9(13)11(19)17(4-5-18)10(8)16-12/h6,18H,3-5H2,1-2H3,(H,14,15,16). The van der Waals surface area contributed by atoms with Gasteiger partial charge in [-0.15, -0.1) is 0 Å². The molecule has 0 bridgehead atoms. The monoisotopic (exact) mass is 258 g/mol. The summed E-state index contributed by atoms with van der Waals surface area (Å²) in [6.45, 7) is 4.45. The lowest BCUT2D eigenvalue weighted by Crippen LogP contribution is -2.36. The van der Waals surface area contributed by atoms with Gasteiger partial charge in [0.1, 0.15) is 13.5 Å². The SMILES string of the molecule is [B]c1cc2c(C)nc(NCC)nc2n(CCO)c1=O. The summed E-state index contributed by atoms with van der Waals surface area (Å²) in [6.07, 6.45) is 0. The highest BCUT2D eigenvalue weighted by Gasteiger charge is 2.11. The normalized spacial score (nSPS) is 10.9. The summed E-state index contributed by atoms with van der Waals surface area (Å²) < 4.78 is 1.38. The molecule has 2 aromatic heterocycles. The third-order valence-electron chi connectivity index (χ3n) is 2.82. The Kier molecular flexibility index (Phi) is 3.85. The van der Waals surface area contributed by atoms with Gasteiger partial charge in [-0.3, -0.25) is 9.36 Å². The third-order valence-corrected chi connectivity index (χ3v) is 2.82. The van der Waals surface area contributed by atoms with Crippen molar-refractivity contribution in [1.82, 2.24) is 14.5 Å². The Bertz CT molecular complexity index is 669. The summed E-state index contributed by atoms with van der Waals surface area (Å²) in [5.41, 5.74) is 1.00. The molecule has 0 aliphatic carbocycles. The highest BCUT2D eigenvalue weighted by atomic mass is 16.3. The fourth-order valence-corrected chi connectivity index (χ4v) is 1.96. The van der Waals surface area contributed by atoms with E-state index in [1.807, 2.05) is 13.8 Å². The molecule has 98 valence electrons. The van der Waals surface area contributed by atoms with E-state index in [0.29, 0.717) is 23.5 Å². The van der Waals surface area contributed by atoms with Gasteiger partial charge >= 0.3 is 0 Å². The van der Waals surface area contributed by atoms with Crippen LogP contribution in [0.5, 0.6) is 0 Å². The molecule has 0 saturated heterocycles. The highest BCUT2D eigenvalue weighted by Crippen LogP contribution is 2.14. The van der Waals surface area contributed by atoms with Crippen LogP contribution >= 0.6 is 0 Å². The smallest absolute Gasteiger partial charge is 0.245 e. The van der Waals surface area contributed by atoms with Crippen LogP contribution in [0.2, 0.25) is 0 Å². The van der Waals surface area contributed by atoms with Gasteiger partial charge in [-0.1, -0.05) is 6.07 Å². The van der Waals surface area contributed by atoms with E-state index in [2.05, 4.69) is 15.3 Å². The summed E-state index contributed by atoms with van der Waals surface area (Å²) in [7, 11) is 5.70. The predicted octanol–water partition coefficient (Wildman–Crippen LogP) is -0.682. The van der Waals surface area contributed by atoms with Crippen LogP contribution < -0.4 is 16.3 Å². The van der Waals surface area contributed by atoms with E-state index in [1.165, 1.54) is 4.57 Å².